The van der Waals surface area contributed by atoms with Crippen molar-refractivity contribution in [2.24, 2.45) is 0 Å². The lowest BCUT2D eigenvalue weighted by atomic mass is 10.3. The van der Waals surface area contributed by atoms with Crippen LogP contribution in [-0.2, 0) is 6.54 Å². The Morgan fingerprint density at radius 3 is 2.88 bits per heavy atom. The van der Waals surface area contributed by atoms with Crippen molar-refractivity contribution in [3.8, 4) is 11.4 Å². The first-order chi connectivity index (χ1) is 8.24. The van der Waals surface area contributed by atoms with E-state index in [-0.39, 0.29) is 5.56 Å². The normalized spacial score (nSPS) is 10.5. The van der Waals surface area contributed by atoms with Crippen molar-refractivity contribution in [2.45, 2.75) is 20.4 Å². The van der Waals surface area contributed by atoms with Crippen LogP contribution in [0.5, 0.6) is 0 Å². The van der Waals surface area contributed by atoms with E-state index in [2.05, 4.69) is 15.4 Å². The van der Waals surface area contributed by atoms with Gasteiger partial charge in [0.1, 0.15) is 11.4 Å². The predicted octanol–water partition coefficient (Wildman–Crippen LogP) is 1.82. The van der Waals surface area contributed by atoms with Crippen molar-refractivity contribution in [3.63, 3.8) is 0 Å². The number of aromatic nitrogens is 3. The van der Waals surface area contributed by atoms with E-state index >= 15 is 0 Å². The van der Waals surface area contributed by atoms with E-state index in [9.17, 15) is 4.79 Å². The Hall–Kier alpha value is -1.69. The molecule has 0 radical (unpaired) electrons. The molecule has 0 aromatic carbocycles. The molecule has 17 heavy (non-hydrogen) atoms. The summed E-state index contributed by atoms with van der Waals surface area (Å²) in [6, 6.07) is 3.23. The second kappa shape index (κ2) is 5.09. The van der Waals surface area contributed by atoms with Gasteiger partial charge in [0.05, 0.1) is 0 Å². The summed E-state index contributed by atoms with van der Waals surface area (Å²) in [5.74, 6) is 0. The molecule has 5 nitrogen and oxygen atoms in total. The highest BCUT2D eigenvalue weighted by atomic mass is 32.1. The van der Waals surface area contributed by atoms with Crippen LogP contribution in [0.1, 0.15) is 13.8 Å². The highest BCUT2D eigenvalue weighted by molar-refractivity contribution is 7.14. The largest absolute Gasteiger partial charge is 0.362 e. The molecular formula is C11H14N4OS. The Bertz CT molecular complexity index is 561. The van der Waals surface area contributed by atoms with E-state index < -0.39 is 0 Å². The maximum absolute atomic E-state index is 11.4. The SMILES string of the molecule is CCNc1nc(-c2ccc(=O)n(CC)n2)cs1. The number of rotatable bonds is 4. The van der Waals surface area contributed by atoms with E-state index in [1.54, 1.807) is 6.07 Å². The molecule has 0 aliphatic carbocycles. The van der Waals surface area contributed by atoms with Crippen LogP contribution in [0.25, 0.3) is 11.4 Å². The number of nitrogens with one attached hydrogen (secondary N) is 1. The summed E-state index contributed by atoms with van der Waals surface area (Å²) < 4.78 is 1.43. The van der Waals surface area contributed by atoms with E-state index in [1.165, 1.54) is 22.1 Å². The quantitative estimate of drug-likeness (QED) is 0.899. The molecule has 0 saturated carbocycles. The van der Waals surface area contributed by atoms with Crippen molar-refractivity contribution < 1.29 is 0 Å². The lowest BCUT2D eigenvalue weighted by Crippen LogP contribution is -2.21. The maximum atomic E-state index is 11.4. The smallest absolute Gasteiger partial charge is 0.266 e. The van der Waals surface area contributed by atoms with Gasteiger partial charge in [0.15, 0.2) is 5.13 Å². The molecule has 0 aliphatic rings. The lowest BCUT2D eigenvalue weighted by Gasteiger charge is -2.01. The predicted molar refractivity (Wildman–Crippen MR) is 69.4 cm³/mol. The number of thiazole rings is 1. The summed E-state index contributed by atoms with van der Waals surface area (Å²) in [4.78, 5) is 15.8. The molecule has 2 aromatic heterocycles. The summed E-state index contributed by atoms with van der Waals surface area (Å²) in [6.07, 6.45) is 0. The second-order valence-corrected chi connectivity index (χ2v) is 4.30. The van der Waals surface area contributed by atoms with Crippen molar-refractivity contribution in [1.82, 2.24) is 14.8 Å². The summed E-state index contributed by atoms with van der Waals surface area (Å²) in [5.41, 5.74) is 1.44. The lowest BCUT2D eigenvalue weighted by molar-refractivity contribution is 0.618. The average molecular weight is 250 g/mol. The van der Waals surface area contributed by atoms with E-state index in [4.69, 9.17) is 0 Å². The van der Waals surface area contributed by atoms with Gasteiger partial charge in [-0.3, -0.25) is 4.79 Å². The molecule has 2 rings (SSSR count). The van der Waals surface area contributed by atoms with Crippen LogP contribution < -0.4 is 10.9 Å². The van der Waals surface area contributed by atoms with E-state index in [0.29, 0.717) is 6.54 Å². The van der Waals surface area contributed by atoms with Gasteiger partial charge < -0.3 is 5.32 Å². The number of aryl methyl sites for hydroxylation is 1. The fourth-order valence-corrected chi connectivity index (χ4v) is 2.21. The van der Waals surface area contributed by atoms with Crippen LogP contribution in [0, 0.1) is 0 Å². The summed E-state index contributed by atoms with van der Waals surface area (Å²) in [7, 11) is 0. The fraction of sp³-hybridized carbons (Fsp3) is 0.364. The minimum atomic E-state index is -0.0848. The molecule has 2 heterocycles. The number of hydrogen-bond donors (Lipinski definition) is 1. The number of anilines is 1. The van der Waals surface area contributed by atoms with Gasteiger partial charge >= 0.3 is 0 Å². The summed E-state index contributed by atoms with van der Waals surface area (Å²) in [6.45, 7) is 5.32. The zero-order valence-electron chi connectivity index (χ0n) is 9.80. The minimum absolute atomic E-state index is 0.0848. The van der Waals surface area contributed by atoms with Gasteiger partial charge in [0.25, 0.3) is 5.56 Å². The van der Waals surface area contributed by atoms with E-state index in [0.717, 1.165) is 23.1 Å². The minimum Gasteiger partial charge on any atom is -0.362 e. The van der Waals surface area contributed by atoms with Crippen LogP contribution in [0.3, 0.4) is 0 Å². The third-order valence-corrected chi connectivity index (χ3v) is 3.06. The first kappa shape index (κ1) is 11.8. The van der Waals surface area contributed by atoms with Crippen LogP contribution in [-0.4, -0.2) is 21.3 Å². The molecule has 0 spiro atoms. The van der Waals surface area contributed by atoms with Crippen molar-refractivity contribution in [3.05, 3.63) is 27.9 Å². The van der Waals surface area contributed by atoms with Crippen molar-refractivity contribution >= 4 is 16.5 Å². The molecule has 0 unspecified atom stereocenters. The van der Waals surface area contributed by atoms with Gasteiger partial charge in [0.2, 0.25) is 0 Å². The van der Waals surface area contributed by atoms with Gasteiger partial charge in [-0.05, 0) is 19.9 Å². The first-order valence-electron chi connectivity index (χ1n) is 5.52. The monoisotopic (exact) mass is 250 g/mol. The molecule has 0 atom stereocenters. The van der Waals surface area contributed by atoms with Gasteiger partial charge in [-0.1, -0.05) is 0 Å². The third-order valence-electron chi connectivity index (χ3n) is 2.26. The molecule has 0 bridgehead atoms. The van der Waals surface area contributed by atoms with Crippen LogP contribution in [0.15, 0.2) is 22.3 Å². The van der Waals surface area contributed by atoms with Gasteiger partial charge in [-0.2, -0.15) is 5.10 Å². The first-order valence-corrected chi connectivity index (χ1v) is 6.40. The molecule has 0 aliphatic heterocycles. The van der Waals surface area contributed by atoms with Crippen molar-refractivity contribution in [2.75, 3.05) is 11.9 Å². The standard InChI is InChI=1S/C11H14N4OS/c1-3-12-11-13-9(7-17-11)8-5-6-10(16)15(4-2)14-8/h5-7H,3-4H2,1-2H3,(H,12,13). The Kier molecular flexibility index (Phi) is 3.53. The topological polar surface area (TPSA) is 59.8 Å². The number of nitrogens with zero attached hydrogens (tertiary/aromatic N) is 3. The molecule has 1 N–H and O–H groups in total. The zero-order valence-corrected chi connectivity index (χ0v) is 10.6. The van der Waals surface area contributed by atoms with Crippen LogP contribution in [0.4, 0.5) is 5.13 Å². The Balaban J connectivity index is 2.35. The maximum Gasteiger partial charge on any atom is 0.266 e. The van der Waals surface area contributed by atoms with Crippen molar-refractivity contribution in [1.29, 1.82) is 0 Å². The molecule has 0 saturated heterocycles. The average Bonchev–Trinajstić information content (AvgIpc) is 2.79. The van der Waals surface area contributed by atoms with E-state index in [1.807, 2.05) is 19.2 Å². The third kappa shape index (κ3) is 2.52. The summed E-state index contributed by atoms with van der Waals surface area (Å²) >= 11 is 1.54. The molecule has 2 aromatic rings. The highest BCUT2D eigenvalue weighted by Gasteiger charge is 2.06. The highest BCUT2D eigenvalue weighted by Crippen LogP contribution is 2.22. The molecule has 6 heteroatoms. The second-order valence-electron chi connectivity index (χ2n) is 3.44. The molecule has 0 amide bonds. The molecule has 90 valence electrons. The summed E-state index contributed by atoms with van der Waals surface area (Å²) in [5, 5.41) is 10.2. The number of hydrogen-bond acceptors (Lipinski definition) is 5. The van der Waals surface area contributed by atoms with Gasteiger partial charge in [0, 0.05) is 24.5 Å². The Morgan fingerprint density at radius 1 is 1.35 bits per heavy atom. The molecule has 0 fully saturated rings. The Morgan fingerprint density at radius 2 is 2.18 bits per heavy atom. The van der Waals surface area contributed by atoms with Crippen LogP contribution >= 0.6 is 11.3 Å². The molecular weight excluding hydrogens is 236 g/mol. The van der Waals surface area contributed by atoms with Gasteiger partial charge in [-0.15, -0.1) is 11.3 Å². The zero-order chi connectivity index (χ0) is 12.3. The Labute approximate surface area is 103 Å². The fourth-order valence-electron chi connectivity index (χ4n) is 1.44. The van der Waals surface area contributed by atoms with Gasteiger partial charge in [-0.25, -0.2) is 9.67 Å². The van der Waals surface area contributed by atoms with Crippen LogP contribution in [0.2, 0.25) is 0 Å².